The monoisotopic (exact) mass is 450 g/mol. The van der Waals surface area contributed by atoms with Crippen molar-refractivity contribution >= 4 is 41.5 Å². The molecule has 124 valence electrons. The van der Waals surface area contributed by atoms with Crippen LogP contribution in [0.1, 0.15) is 21.2 Å². The number of benzene rings is 2. The molecular weight excluding hydrogens is 430 g/mol. The summed E-state index contributed by atoms with van der Waals surface area (Å²) in [6.07, 6.45) is 13.1. The molecule has 2 unspecified atom stereocenters. The van der Waals surface area contributed by atoms with E-state index in [0.717, 1.165) is 0 Å². The van der Waals surface area contributed by atoms with E-state index < -0.39 is 19.4 Å². The van der Waals surface area contributed by atoms with Gasteiger partial charge in [-0.25, -0.2) is 0 Å². The Balaban J connectivity index is 0.00000104. The molecule has 0 aromatic heterocycles. The van der Waals surface area contributed by atoms with Crippen molar-refractivity contribution in [2.75, 3.05) is 0 Å². The molecule has 4 heteroatoms. The number of allylic oxidation sites excluding steroid dienone is 5. The molecule has 0 saturated carbocycles. The van der Waals surface area contributed by atoms with Crippen LogP contribution in [-0.4, -0.2) is 7.37 Å². The van der Waals surface area contributed by atoms with Crippen molar-refractivity contribution in [1.82, 2.24) is 0 Å². The van der Waals surface area contributed by atoms with Gasteiger partial charge in [0.2, 0.25) is 0 Å². The number of rotatable bonds is 3. The third kappa shape index (κ3) is 3.22. The molecule has 0 fully saturated rings. The molecular formula is C20H22Cl2SiZr. The Labute approximate surface area is 163 Å². The molecule has 0 radical (unpaired) electrons. The second-order valence-corrected chi connectivity index (χ2v) is 26.1. The van der Waals surface area contributed by atoms with Crippen molar-refractivity contribution in [3.05, 3.63) is 93.3 Å². The van der Waals surface area contributed by atoms with Crippen LogP contribution >= 0.6 is 24.8 Å². The predicted octanol–water partition coefficient (Wildman–Crippen LogP) is 4.20. The summed E-state index contributed by atoms with van der Waals surface area (Å²) < 4.78 is 4.12. The van der Waals surface area contributed by atoms with Crippen molar-refractivity contribution in [3.8, 4) is 0 Å². The van der Waals surface area contributed by atoms with E-state index in [2.05, 4.69) is 85.0 Å². The Morgan fingerprint density at radius 3 is 2.33 bits per heavy atom. The van der Waals surface area contributed by atoms with Gasteiger partial charge in [-0.3, -0.25) is 0 Å². The van der Waals surface area contributed by atoms with Crippen LogP contribution in [0.4, 0.5) is 0 Å². The molecule has 0 spiro atoms. The van der Waals surface area contributed by atoms with E-state index in [1.807, 2.05) is 0 Å². The van der Waals surface area contributed by atoms with Gasteiger partial charge in [-0.05, 0) is 0 Å². The molecule has 0 heterocycles. The van der Waals surface area contributed by atoms with Gasteiger partial charge < -0.3 is 0 Å². The first-order chi connectivity index (χ1) is 10.8. The van der Waals surface area contributed by atoms with Crippen LogP contribution in [0.3, 0.4) is 0 Å². The van der Waals surface area contributed by atoms with Gasteiger partial charge in [-0.15, -0.1) is 24.8 Å². The summed E-state index contributed by atoms with van der Waals surface area (Å²) in [5, 5.41) is 0. The van der Waals surface area contributed by atoms with Crippen LogP contribution < -0.4 is 3.27 Å². The van der Waals surface area contributed by atoms with Crippen molar-refractivity contribution in [1.29, 1.82) is 0 Å². The number of hydrogen-bond acceptors (Lipinski definition) is 0. The Hall–Kier alpha value is -0.660. The SMILES string of the molecule is Cl.Cl.[SiH3][Zr]([C]1=CC=CC1)([c]1ccccc1)[CH]1C=Cc2ccccc21. The standard InChI is InChI=1S/C9H7.C6H5.C5H5.2ClH.H3Si.Zr/c1-2-5-9-7-3-6-8(9)4-1;1-2-4-6-5-3-1;1-2-4-5-3-1;;;;/h1-7H;1-5H;1-3H,4H2;2*1H;1H3;. The maximum absolute atomic E-state index is 2.58. The molecule has 0 bridgehead atoms. The van der Waals surface area contributed by atoms with Crippen molar-refractivity contribution in [2.45, 2.75) is 10.0 Å². The van der Waals surface area contributed by atoms with Crippen LogP contribution in [0.25, 0.3) is 6.08 Å². The summed E-state index contributed by atoms with van der Waals surface area (Å²) in [7, 11) is 1.31. The minimum atomic E-state index is -2.58. The van der Waals surface area contributed by atoms with Gasteiger partial charge in [0.25, 0.3) is 0 Å². The van der Waals surface area contributed by atoms with E-state index in [9.17, 15) is 0 Å². The van der Waals surface area contributed by atoms with Gasteiger partial charge in [0, 0.05) is 0 Å². The van der Waals surface area contributed by atoms with E-state index in [0.29, 0.717) is 3.63 Å². The van der Waals surface area contributed by atoms with E-state index in [-0.39, 0.29) is 24.8 Å². The Bertz CT molecular complexity index is 798. The molecule has 2 atom stereocenters. The molecule has 0 amide bonds. The average molecular weight is 453 g/mol. The zero-order chi connectivity index (χ0) is 15.0. The van der Waals surface area contributed by atoms with Crippen LogP contribution in [0, 0.1) is 0 Å². The van der Waals surface area contributed by atoms with Gasteiger partial charge in [0.05, 0.1) is 0 Å². The molecule has 2 aliphatic rings. The molecule has 0 nitrogen and oxygen atoms in total. The van der Waals surface area contributed by atoms with Gasteiger partial charge in [0.15, 0.2) is 0 Å². The summed E-state index contributed by atoms with van der Waals surface area (Å²) >= 11 is -2.58. The second kappa shape index (κ2) is 8.15. The third-order valence-corrected chi connectivity index (χ3v) is 28.4. The van der Waals surface area contributed by atoms with Gasteiger partial charge in [-0.2, -0.15) is 0 Å². The quantitative estimate of drug-likeness (QED) is 0.613. The second-order valence-electron chi connectivity index (χ2n) is 6.36. The van der Waals surface area contributed by atoms with Gasteiger partial charge >= 0.3 is 139 Å². The summed E-state index contributed by atoms with van der Waals surface area (Å²) in [5.41, 5.74) is 3.01. The number of halogens is 2. The predicted molar refractivity (Wildman–Crippen MR) is 111 cm³/mol. The van der Waals surface area contributed by atoms with Crippen LogP contribution in [-0.2, 0) is 19.4 Å². The molecule has 0 aliphatic heterocycles. The maximum atomic E-state index is 2.51. The van der Waals surface area contributed by atoms with E-state index in [1.54, 1.807) is 12.1 Å². The fourth-order valence-electron chi connectivity index (χ4n) is 3.93. The van der Waals surface area contributed by atoms with E-state index in [1.165, 1.54) is 19.4 Å². The summed E-state index contributed by atoms with van der Waals surface area (Å²) in [4.78, 5) is 0. The Morgan fingerprint density at radius 2 is 1.62 bits per heavy atom. The average Bonchev–Trinajstić information content (AvgIpc) is 3.25. The van der Waals surface area contributed by atoms with Gasteiger partial charge in [0.1, 0.15) is 0 Å². The summed E-state index contributed by atoms with van der Waals surface area (Å²) in [6.45, 7) is 0. The summed E-state index contributed by atoms with van der Waals surface area (Å²) in [6, 6.07) is 20.4. The normalized spacial score (nSPS) is 19.8. The van der Waals surface area contributed by atoms with Crippen molar-refractivity contribution in [2.24, 2.45) is 0 Å². The van der Waals surface area contributed by atoms with E-state index in [4.69, 9.17) is 0 Å². The topological polar surface area (TPSA) is 0 Å². The number of hydrogen-bond donors (Lipinski definition) is 0. The van der Waals surface area contributed by atoms with Crippen molar-refractivity contribution in [3.63, 3.8) is 0 Å². The van der Waals surface area contributed by atoms with Crippen LogP contribution in [0.5, 0.6) is 0 Å². The Morgan fingerprint density at radius 1 is 0.917 bits per heavy atom. The molecule has 24 heavy (non-hydrogen) atoms. The third-order valence-electron chi connectivity index (χ3n) is 5.23. The number of fused-ring (bicyclic) bond motifs is 1. The molecule has 0 N–H and O–H groups in total. The molecule has 2 aromatic rings. The van der Waals surface area contributed by atoms with E-state index >= 15 is 0 Å². The zero-order valence-electron chi connectivity index (χ0n) is 13.7. The first-order valence-corrected chi connectivity index (χ1v) is 20.2. The Kier molecular flexibility index (Phi) is 6.67. The molecule has 2 aromatic carbocycles. The van der Waals surface area contributed by atoms with Crippen molar-refractivity contribution < 1.29 is 19.4 Å². The molecule has 0 saturated heterocycles. The fraction of sp³-hybridized carbons (Fsp3) is 0.100. The molecule has 2 aliphatic carbocycles. The minimum absolute atomic E-state index is 0. The molecule has 4 rings (SSSR count). The first-order valence-electron chi connectivity index (χ1n) is 7.99. The van der Waals surface area contributed by atoms with Gasteiger partial charge in [-0.1, -0.05) is 0 Å². The van der Waals surface area contributed by atoms with Crippen LogP contribution in [0.2, 0.25) is 0 Å². The fourth-order valence-corrected chi connectivity index (χ4v) is 21.8. The van der Waals surface area contributed by atoms with Crippen LogP contribution in [0.15, 0.2) is 82.2 Å². The summed E-state index contributed by atoms with van der Waals surface area (Å²) in [5.74, 6) is 0. The zero-order valence-corrected chi connectivity index (χ0v) is 19.8. The first kappa shape index (κ1) is 19.7.